The van der Waals surface area contributed by atoms with Crippen LogP contribution < -0.4 is 5.32 Å². The number of hydrogen-bond donors (Lipinski definition) is 2. The summed E-state index contributed by atoms with van der Waals surface area (Å²) in [5.41, 5.74) is 1.15. The molecule has 2 rings (SSSR count). The van der Waals surface area contributed by atoms with Crippen LogP contribution in [0.5, 0.6) is 0 Å². The van der Waals surface area contributed by atoms with Crippen LogP contribution in [0, 0.1) is 0 Å². The molecule has 2 N–H and O–H groups in total. The summed E-state index contributed by atoms with van der Waals surface area (Å²) in [5.74, 6) is -0.927. The van der Waals surface area contributed by atoms with Crippen molar-refractivity contribution in [3.8, 4) is 0 Å². The zero-order chi connectivity index (χ0) is 12.1. The van der Waals surface area contributed by atoms with Crippen LogP contribution in [0.1, 0.15) is 48.2 Å². The minimum absolute atomic E-state index is 0.242. The molecule has 4 heteroatoms. The molecule has 1 heterocycles. The maximum atomic E-state index is 10.7. The smallest absolute Gasteiger partial charge is 0.337 e. The van der Waals surface area contributed by atoms with E-state index in [1.165, 1.54) is 38.3 Å². The van der Waals surface area contributed by atoms with E-state index in [1.54, 1.807) is 12.1 Å². The lowest BCUT2D eigenvalue weighted by atomic mass is 9.95. The van der Waals surface area contributed by atoms with Crippen molar-refractivity contribution in [2.45, 2.75) is 44.7 Å². The van der Waals surface area contributed by atoms with Crippen LogP contribution in [0.15, 0.2) is 18.3 Å². The molecule has 0 aliphatic heterocycles. The minimum Gasteiger partial charge on any atom is -0.478 e. The number of carboxylic acid groups (broad SMARTS) is 1. The summed E-state index contributed by atoms with van der Waals surface area (Å²) < 4.78 is 0. The molecule has 0 bridgehead atoms. The second-order valence-electron chi connectivity index (χ2n) is 4.56. The van der Waals surface area contributed by atoms with Gasteiger partial charge in [0.1, 0.15) is 0 Å². The summed E-state index contributed by atoms with van der Waals surface area (Å²) in [7, 11) is 0. The van der Waals surface area contributed by atoms with E-state index >= 15 is 0 Å². The first-order valence-corrected chi connectivity index (χ1v) is 6.17. The van der Waals surface area contributed by atoms with Gasteiger partial charge in [-0.05, 0) is 25.0 Å². The van der Waals surface area contributed by atoms with Crippen LogP contribution in [-0.4, -0.2) is 22.1 Å². The number of nitrogens with one attached hydrogen (secondary N) is 1. The molecule has 0 spiro atoms. The molecule has 17 heavy (non-hydrogen) atoms. The van der Waals surface area contributed by atoms with Gasteiger partial charge in [-0.2, -0.15) is 0 Å². The second kappa shape index (κ2) is 5.77. The van der Waals surface area contributed by atoms with E-state index in [0.29, 0.717) is 6.04 Å². The third-order valence-electron chi connectivity index (χ3n) is 3.25. The zero-order valence-corrected chi connectivity index (χ0v) is 9.85. The van der Waals surface area contributed by atoms with Gasteiger partial charge in [0, 0.05) is 18.8 Å². The molecule has 1 aliphatic rings. The van der Waals surface area contributed by atoms with Crippen molar-refractivity contribution in [3.63, 3.8) is 0 Å². The molecule has 0 atom stereocenters. The topological polar surface area (TPSA) is 62.2 Å². The lowest BCUT2D eigenvalue weighted by Crippen LogP contribution is -2.30. The van der Waals surface area contributed by atoms with Gasteiger partial charge in [-0.1, -0.05) is 19.3 Å². The number of carbonyl (C=O) groups is 1. The fourth-order valence-electron chi connectivity index (χ4n) is 2.21. The maximum Gasteiger partial charge on any atom is 0.337 e. The first kappa shape index (κ1) is 12.0. The van der Waals surface area contributed by atoms with Crippen molar-refractivity contribution in [2.75, 3.05) is 0 Å². The predicted molar refractivity (Wildman–Crippen MR) is 64.9 cm³/mol. The van der Waals surface area contributed by atoms with E-state index in [4.69, 9.17) is 5.11 Å². The monoisotopic (exact) mass is 234 g/mol. The molecule has 1 saturated carbocycles. The molecule has 0 radical (unpaired) electrons. The van der Waals surface area contributed by atoms with Gasteiger partial charge in [-0.3, -0.25) is 4.98 Å². The highest BCUT2D eigenvalue weighted by atomic mass is 16.4. The molecule has 4 nitrogen and oxygen atoms in total. The average molecular weight is 234 g/mol. The Morgan fingerprint density at radius 3 is 2.71 bits per heavy atom. The van der Waals surface area contributed by atoms with E-state index in [0.717, 1.165) is 12.2 Å². The van der Waals surface area contributed by atoms with Crippen LogP contribution in [-0.2, 0) is 6.54 Å². The molecule has 0 saturated heterocycles. The summed E-state index contributed by atoms with van der Waals surface area (Å²) >= 11 is 0. The average Bonchev–Trinajstić information content (AvgIpc) is 2.38. The number of hydrogen-bond acceptors (Lipinski definition) is 3. The fourth-order valence-corrected chi connectivity index (χ4v) is 2.21. The van der Waals surface area contributed by atoms with Crippen LogP contribution in [0.3, 0.4) is 0 Å². The summed E-state index contributed by atoms with van der Waals surface area (Å²) in [6.07, 6.45) is 7.87. The first-order valence-electron chi connectivity index (χ1n) is 6.17. The van der Waals surface area contributed by atoms with Crippen LogP contribution in [0.4, 0.5) is 0 Å². The van der Waals surface area contributed by atoms with Crippen molar-refractivity contribution in [1.29, 1.82) is 0 Å². The van der Waals surface area contributed by atoms with Gasteiger partial charge in [-0.15, -0.1) is 0 Å². The van der Waals surface area contributed by atoms with Gasteiger partial charge in [-0.25, -0.2) is 4.79 Å². The number of aromatic nitrogens is 1. The molecule has 0 amide bonds. The van der Waals surface area contributed by atoms with Crippen LogP contribution in [0.25, 0.3) is 0 Å². The molecule has 0 unspecified atom stereocenters. The van der Waals surface area contributed by atoms with Gasteiger partial charge < -0.3 is 10.4 Å². The standard InChI is InChI=1S/C13H18N2O2/c16-13(17)10-6-7-12(14-8-10)9-15-11-4-2-1-3-5-11/h6-8,11,15H,1-5,9H2,(H,16,17). The normalized spacial score (nSPS) is 16.9. The highest BCUT2D eigenvalue weighted by Gasteiger charge is 2.12. The Bertz CT molecular complexity index is 370. The molecule has 1 aliphatic carbocycles. The van der Waals surface area contributed by atoms with Crippen molar-refractivity contribution in [2.24, 2.45) is 0 Å². The van der Waals surface area contributed by atoms with E-state index in [-0.39, 0.29) is 5.56 Å². The first-order chi connectivity index (χ1) is 8.25. The molecule has 1 aromatic rings. The Morgan fingerprint density at radius 2 is 2.12 bits per heavy atom. The largest absolute Gasteiger partial charge is 0.478 e. The SMILES string of the molecule is O=C(O)c1ccc(CNC2CCCCC2)nc1. The van der Waals surface area contributed by atoms with E-state index in [2.05, 4.69) is 10.3 Å². The number of aromatic carboxylic acids is 1. The summed E-state index contributed by atoms with van der Waals surface area (Å²) in [6.45, 7) is 0.727. The number of rotatable bonds is 4. The van der Waals surface area contributed by atoms with Gasteiger partial charge in [0.25, 0.3) is 0 Å². The molecular weight excluding hydrogens is 216 g/mol. The third kappa shape index (κ3) is 3.53. The Balaban J connectivity index is 1.84. The Hall–Kier alpha value is -1.42. The van der Waals surface area contributed by atoms with E-state index < -0.39 is 5.97 Å². The van der Waals surface area contributed by atoms with Crippen molar-refractivity contribution >= 4 is 5.97 Å². The third-order valence-corrected chi connectivity index (χ3v) is 3.25. The summed E-state index contributed by atoms with van der Waals surface area (Å²) in [6, 6.07) is 3.98. The minimum atomic E-state index is -0.927. The van der Waals surface area contributed by atoms with E-state index in [1.807, 2.05) is 0 Å². The molecule has 1 fully saturated rings. The van der Waals surface area contributed by atoms with E-state index in [9.17, 15) is 4.79 Å². The van der Waals surface area contributed by atoms with Crippen molar-refractivity contribution in [1.82, 2.24) is 10.3 Å². The van der Waals surface area contributed by atoms with Gasteiger partial charge in [0.15, 0.2) is 0 Å². The summed E-state index contributed by atoms with van der Waals surface area (Å²) in [5, 5.41) is 12.2. The lowest BCUT2D eigenvalue weighted by Gasteiger charge is -2.22. The zero-order valence-electron chi connectivity index (χ0n) is 9.85. The van der Waals surface area contributed by atoms with Crippen LogP contribution >= 0.6 is 0 Å². The molecular formula is C13H18N2O2. The highest BCUT2D eigenvalue weighted by Crippen LogP contribution is 2.17. The Kier molecular flexibility index (Phi) is 4.09. The molecule has 1 aromatic heterocycles. The molecule has 0 aromatic carbocycles. The van der Waals surface area contributed by atoms with Gasteiger partial charge in [0.05, 0.1) is 11.3 Å². The number of carboxylic acids is 1. The van der Waals surface area contributed by atoms with Crippen molar-refractivity contribution < 1.29 is 9.90 Å². The van der Waals surface area contributed by atoms with Crippen LogP contribution in [0.2, 0.25) is 0 Å². The fraction of sp³-hybridized carbons (Fsp3) is 0.538. The van der Waals surface area contributed by atoms with Crippen molar-refractivity contribution in [3.05, 3.63) is 29.6 Å². The molecule has 92 valence electrons. The summed E-state index contributed by atoms with van der Waals surface area (Å²) in [4.78, 5) is 14.8. The van der Waals surface area contributed by atoms with Gasteiger partial charge in [0.2, 0.25) is 0 Å². The predicted octanol–water partition coefficient (Wildman–Crippen LogP) is 2.20. The highest BCUT2D eigenvalue weighted by molar-refractivity contribution is 5.87. The second-order valence-corrected chi connectivity index (χ2v) is 4.56. The van der Waals surface area contributed by atoms with Gasteiger partial charge >= 0.3 is 5.97 Å². The Labute approximate surface area is 101 Å². The lowest BCUT2D eigenvalue weighted by molar-refractivity contribution is 0.0696. The number of pyridine rings is 1. The number of nitrogens with zero attached hydrogens (tertiary/aromatic N) is 1. The quantitative estimate of drug-likeness (QED) is 0.838. The Morgan fingerprint density at radius 1 is 1.35 bits per heavy atom. The maximum absolute atomic E-state index is 10.7.